The van der Waals surface area contributed by atoms with Crippen molar-refractivity contribution < 1.29 is 9.47 Å². The van der Waals surface area contributed by atoms with Crippen molar-refractivity contribution in [3.63, 3.8) is 0 Å². The maximum atomic E-state index is 5.44. The molecule has 14 heavy (non-hydrogen) atoms. The van der Waals surface area contributed by atoms with Crippen LogP contribution in [0.2, 0.25) is 0 Å². The molecule has 0 spiro atoms. The normalized spacial score (nSPS) is 14.1. The summed E-state index contributed by atoms with van der Waals surface area (Å²) in [6.45, 7) is 4.00. The highest BCUT2D eigenvalue weighted by Gasteiger charge is 2.15. The first-order valence-corrected chi connectivity index (χ1v) is 5.20. The van der Waals surface area contributed by atoms with Crippen molar-refractivity contribution >= 4 is 28.2 Å². The van der Waals surface area contributed by atoms with E-state index < -0.39 is 0 Å². The number of rotatable bonds is 1. The molecule has 1 heterocycles. The van der Waals surface area contributed by atoms with Crippen LogP contribution in [0.4, 0.5) is 0 Å². The summed E-state index contributed by atoms with van der Waals surface area (Å²) in [6, 6.07) is 5.73. The molecule has 0 radical (unpaired) electrons. The molecule has 0 saturated carbocycles. The first-order valence-electron chi connectivity index (χ1n) is 4.12. The largest absolute Gasteiger partial charge is 0.497 e. The highest BCUT2D eigenvalue weighted by atomic mass is 127. The zero-order valence-corrected chi connectivity index (χ0v) is 9.87. The van der Waals surface area contributed by atoms with Crippen LogP contribution in [0.1, 0.15) is 5.56 Å². The Kier molecular flexibility index (Phi) is 2.50. The molecule has 0 N–H and O–H groups in total. The number of fused-ring (bicyclic) bond motifs is 1. The van der Waals surface area contributed by atoms with Crippen LogP contribution in [0.5, 0.6) is 11.5 Å². The molecule has 0 atom stereocenters. The quantitative estimate of drug-likeness (QED) is 0.740. The molecule has 3 heteroatoms. The standard InChI is InChI=1S/C11H9IO2/c1-7-9-4-3-8(13-2)5-11(9)14-6-10(7)12/h3-6H,1H2,2H3. The van der Waals surface area contributed by atoms with Crippen molar-refractivity contribution in [2.24, 2.45) is 0 Å². The Bertz CT molecular complexity index is 421. The molecule has 72 valence electrons. The van der Waals surface area contributed by atoms with Crippen LogP contribution in [0.15, 0.2) is 34.6 Å². The predicted octanol–water partition coefficient (Wildman–Crippen LogP) is 3.38. The molecule has 0 saturated heterocycles. The number of hydrogen-bond donors (Lipinski definition) is 0. The zero-order chi connectivity index (χ0) is 10.1. The van der Waals surface area contributed by atoms with Gasteiger partial charge in [0.15, 0.2) is 0 Å². The molecule has 1 aliphatic heterocycles. The van der Waals surface area contributed by atoms with Crippen molar-refractivity contribution in [2.45, 2.75) is 0 Å². The second-order valence-electron chi connectivity index (χ2n) is 2.92. The van der Waals surface area contributed by atoms with Crippen molar-refractivity contribution in [2.75, 3.05) is 7.11 Å². The molecular weight excluding hydrogens is 291 g/mol. The van der Waals surface area contributed by atoms with Crippen LogP contribution in [0.3, 0.4) is 0 Å². The Morgan fingerprint density at radius 1 is 1.43 bits per heavy atom. The molecule has 2 rings (SSSR count). The van der Waals surface area contributed by atoms with Crippen molar-refractivity contribution in [3.8, 4) is 11.5 Å². The Hall–Kier alpha value is -0.970. The van der Waals surface area contributed by atoms with Crippen LogP contribution < -0.4 is 9.47 Å². The number of halogens is 1. The Labute approximate surface area is 96.4 Å². The summed E-state index contributed by atoms with van der Waals surface area (Å²) in [6.07, 6.45) is 1.70. The van der Waals surface area contributed by atoms with Gasteiger partial charge < -0.3 is 9.47 Å². The van der Waals surface area contributed by atoms with E-state index in [4.69, 9.17) is 9.47 Å². The minimum atomic E-state index is 0.793. The van der Waals surface area contributed by atoms with Crippen LogP contribution >= 0.6 is 22.6 Å². The molecule has 1 aromatic carbocycles. The summed E-state index contributed by atoms with van der Waals surface area (Å²) in [7, 11) is 1.64. The van der Waals surface area contributed by atoms with Gasteiger partial charge in [-0.1, -0.05) is 6.58 Å². The molecule has 1 aliphatic rings. The van der Waals surface area contributed by atoms with E-state index in [1.54, 1.807) is 13.4 Å². The Balaban J connectivity index is 2.49. The minimum absolute atomic E-state index is 0.793. The first kappa shape index (κ1) is 9.58. The molecular formula is C11H9IO2. The highest BCUT2D eigenvalue weighted by Crippen LogP contribution is 2.38. The van der Waals surface area contributed by atoms with Gasteiger partial charge in [-0.25, -0.2) is 0 Å². The molecule has 0 bridgehead atoms. The second-order valence-corrected chi connectivity index (χ2v) is 4.09. The first-order chi connectivity index (χ1) is 6.72. The van der Waals surface area contributed by atoms with E-state index in [1.807, 2.05) is 18.2 Å². The molecule has 0 amide bonds. The van der Waals surface area contributed by atoms with Gasteiger partial charge in [0.1, 0.15) is 17.8 Å². The maximum Gasteiger partial charge on any atom is 0.138 e. The Morgan fingerprint density at radius 2 is 2.21 bits per heavy atom. The third-order valence-corrected chi connectivity index (χ3v) is 3.00. The molecule has 0 unspecified atom stereocenters. The lowest BCUT2D eigenvalue weighted by Crippen LogP contribution is -1.98. The fourth-order valence-corrected chi connectivity index (χ4v) is 1.71. The summed E-state index contributed by atoms with van der Waals surface area (Å²) >= 11 is 2.20. The van der Waals surface area contributed by atoms with Gasteiger partial charge in [0, 0.05) is 11.6 Å². The summed E-state index contributed by atoms with van der Waals surface area (Å²) in [5.41, 5.74) is 2.02. The highest BCUT2D eigenvalue weighted by molar-refractivity contribution is 14.1. The van der Waals surface area contributed by atoms with Gasteiger partial charge in [-0.3, -0.25) is 0 Å². The topological polar surface area (TPSA) is 18.5 Å². The van der Waals surface area contributed by atoms with E-state index in [1.165, 1.54) is 0 Å². The fourth-order valence-electron chi connectivity index (χ4n) is 1.29. The summed E-state index contributed by atoms with van der Waals surface area (Å²) in [5, 5.41) is 0. The average molecular weight is 300 g/mol. The van der Waals surface area contributed by atoms with Gasteiger partial charge in [0.05, 0.1) is 10.7 Å². The zero-order valence-electron chi connectivity index (χ0n) is 7.71. The van der Waals surface area contributed by atoms with Gasteiger partial charge in [-0.05, 0) is 40.3 Å². The number of benzene rings is 1. The number of hydrogen-bond acceptors (Lipinski definition) is 2. The van der Waals surface area contributed by atoms with Gasteiger partial charge in [0.2, 0.25) is 0 Å². The van der Waals surface area contributed by atoms with Gasteiger partial charge in [0.25, 0.3) is 0 Å². The summed E-state index contributed by atoms with van der Waals surface area (Å²) < 4.78 is 11.6. The van der Waals surface area contributed by atoms with Crippen LogP contribution in [-0.4, -0.2) is 7.11 Å². The third kappa shape index (κ3) is 1.52. The molecule has 0 aromatic heterocycles. The van der Waals surface area contributed by atoms with Gasteiger partial charge in [-0.2, -0.15) is 0 Å². The minimum Gasteiger partial charge on any atom is -0.497 e. The van der Waals surface area contributed by atoms with Crippen molar-refractivity contribution in [1.82, 2.24) is 0 Å². The third-order valence-electron chi connectivity index (χ3n) is 2.09. The second kappa shape index (κ2) is 3.65. The van der Waals surface area contributed by atoms with Crippen molar-refractivity contribution in [3.05, 3.63) is 40.2 Å². The SMILES string of the molecule is C=C1C(I)=COc2cc(OC)ccc21. The fraction of sp³-hybridized carbons (Fsp3) is 0.0909. The summed E-state index contributed by atoms with van der Waals surface area (Å²) in [5.74, 6) is 1.59. The van der Waals surface area contributed by atoms with E-state index in [0.29, 0.717) is 0 Å². The number of methoxy groups -OCH3 is 1. The molecule has 1 aromatic rings. The summed E-state index contributed by atoms with van der Waals surface area (Å²) in [4.78, 5) is 0. The van der Waals surface area contributed by atoms with E-state index in [0.717, 1.165) is 26.2 Å². The molecule has 2 nitrogen and oxygen atoms in total. The van der Waals surface area contributed by atoms with E-state index in [2.05, 4.69) is 29.2 Å². The van der Waals surface area contributed by atoms with Crippen LogP contribution in [-0.2, 0) is 0 Å². The van der Waals surface area contributed by atoms with Crippen LogP contribution in [0, 0.1) is 0 Å². The Morgan fingerprint density at radius 3 is 2.93 bits per heavy atom. The van der Waals surface area contributed by atoms with Gasteiger partial charge >= 0.3 is 0 Å². The monoisotopic (exact) mass is 300 g/mol. The van der Waals surface area contributed by atoms with E-state index >= 15 is 0 Å². The lowest BCUT2D eigenvalue weighted by molar-refractivity contribution is 0.408. The van der Waals surface area contributed by atoms with Gasteiger partial charge in [-0.15, -0.1) is 0 Å². The molecule has 0 fully saturated rings. The molecule has 0 aliphatic carbocycles. The number of ether oxygens (including phenoxy) is 2. The lowest BCUT2D eigenvalue weighted by atomic mass is 10.0. The predicted molar refractivity (Wildman–Crippen MR) is 64.8 cm³/mol. The van der Waals surface area contributed by atoms with Crippen molar-refractivity contribution in [1.29, 1.82) is 0 Å². The smallest absolute Gasteiger partial charge is 0.138 e. The van der Waals surface area contributed by atoms with E-state index in [9.17, 15) is 0 Å². The van der Waals surface area contributed by atoms with E-state index in [-0.39, 0.29) is 0 Å². The van der Waals surface area contributed by atoms with Crippen LogP contribution in [0.25, 0.3) is 5.57 Å². The average Bonchev–Trinajstić information content (AvgIpc) is 2.23. The lowest BCUT2D eigenvalue weighted by Gasteiger charge is -2.16. The number of allylic oxidation sites excluding steroid dienone is 2. The maximum absolute atomic E-state index is 5.44.